The molecule has 0 saturated carbocycles. The van der Waals surface area contributed by atoms with Crippen molar-refractivity contribution in [2.45, 2.75) is 17.9 Å². The average molecular weight is 340 g/mol. The second-order valence-electron chi connectivity index (χ2n) is 4.59. The Bertz CT molecular complexity index is 643. The first-order chi connectivity index (χ1) is 10.0. The van der Waals surface area contributed by atoms with Gasteiger partial charge in [0, 0.05) is 9.92 Å². The highest BCUT2D eigenvalue weighted by Gasteiger charge is 2.14. The van der Waals surface area contributed by atoms with E-state index in [0.717, 1.165) is 5.56 Å². The number of rotatable bonds is 4. The van der Waals surface area contributed by atoms with Gasteiger partial charge in [-0.1, -0.05) is 35.3 Å². The molecule has 0 radical (unpaired) electrons. The molecule has 0 aromatic heterocycles. The lowest BCUT2D eigenvalue weighted by atomic mass is 10.1. The maximum absolute atomic E-state index is 12.3. The zero-order valence-corrected chi connectivity index (χ0v) is 14.0. The van der Waals surface area contributed by atoms with Gasteiger partial charge >= 0.3 is 0 Å². The molecule has 2 aromatic carbocycles. The van der Waals surface area contributed by atoms with Gasteiger partial charge in [-0.05, 0) is 49.1 Å². The lowest BCUT2D eigenvalue weighted by Gasteiger charge is -2.15. The Hall–Kier alpha value is -1.16. The van der Waals surface area contributed by atoms with Crippen LogP contribution in [0, 0.1) is 0 Å². The van der Waals surface area contributed by atoms with Crippen LogP contribution in [0.15, 0.2) is 47.4 Å². The number of amides is 1. The molecule has 2 aromatic rings. The SMILES string of the molecule is CSc1ccc(C(C)NC(=O)c2cc(Cl)ccc2Cl)cc1. The summed E-state index contributed by atoms with van der Waals surface area (Å²) in [5.74, 6) is -0.232. The minimum atomic E-state index is -0.232. The average Bonchev–Trinajstić information content (AvgIpc) is 2.49. The Kier molecular flexibility index (Phi) is 5.57. The van der Waals surface area contributed by atoms with Crippen LogP contribution in [0.1, 0.15) is 28.9 Å². The second kappa shape index (κ2) is 7.21. The van der Waals surface area contributed by atoms with Gasteiger partial charge in [0.15, 0.2) is 0 Å². The minimum absolute atomic E-state index is 0.108. The number of nitrogens with one attached hydrogen (secondary N) is 1. The summed E-state index contributed by atoms with van der Waals surface area (Å²) in [7, 11) is 0. The third-order valence-corrected chi connectivity index (χ3v) is 4.44. The molecule has 2 rings (SSSR count). The summed E-state index contributed by atoms with van der Waals surface area (Å²) in [6.07, 6.45) is 2.03. The maximum Gasteiger partial charge on any atom is 0.253 e. The number of hydrogen-bond acceptors (Lipinski definition) is 2. The van der Waals surface area contributed by atoms with Crippen LogP contribution in [-0.4, -0.2) is 12.2 Å². The first-order valence-electron chi connectivity index (χ1n) is 6.41. The molecule has 1 amide bonds. The van der Waals surface area contributed by atoms with Gasteiger partial charge in [-0.3, -0.25) is 4.79 Å². The molecule has 0 fully saturated rings. The van der Waals surface area contributed by atoms with Crippen LogP contribution in [0.4, 0.5) is 0 Å². The van der Waals surface area contributed by atoms with E-state index in [0.29, 0.717) is 15.6 Å². The molecular formula is C16H15Cl2NOS. The fourth-order valence-electron chi connectivity index (χ4n) is 1.92. The zero-order valence-electron chi connectivity index (χ0n) is 11.7. The van der Waals surface area contributed by atoms with Gasteiger partial charge < -0.3 is 5.32 Å². The summed E-state index contributed by atoms with van der Waals surface area (Å²) in [4.78, 5) is 13.5. The van der Waals surface area contributed by atoms with E-state index in [1.54, 1.807) is 30.0 Å². The molecule has 2 nitrogen and oxygen atoms in total. The Morgan fingerprint density at radius 3 is 2.43 bits per heavy atom. The van der Waals surface area contributed by atoms with E-state index >= 15 is 0 Å². The second-order valence-corrected chi connectivity index (χ2v) is 6.32. The van der Waals surface area contributed by atoms with Gasteiger partial charge in [0.05, 0.1) is 16.6 Å². The normalized spacial score (nSPS) is 12.0. The van der Waals surface area contributed by atoms with Gasteiger partial charge in [-0.25, -0.2) is 0 Å². The van der Waals surface area contributed by atoms with Crippen molar-refractivity contribution in [3.63, 3.8) is 0 Å². The largest absolute Gasteiger partial charge is 0.345 e. The Morgan fingerprint density at radius 1 is 1.14 bits per heavy atom. The van der Waals surface area contributed by atoms with Crippen LogP contribution in [0.2, 0.25) is 10.0 Å². The monoisotopic (exact) mass is 339 g/mol. The van der Waals surface area contributed by atoms with Gasteiger partial charge in [0.2, 0.25) is 0 Å². The molecule has 1 N–H and O–H groups in total. The van der Waals surface area contributed by atoms with Crippen molar-refractivity contribution >= 4 is 40.9 Å². The number of halogens is 2. The topological polar surface area (TPSA) is 29.1 Å². The molecule has 0 aliphatic heterocycles. The lowest BCUT2D eigenvalue weighted by Crippen LogP contribution is -2.26. The van der Waals surface area contributed by atoms with Gasteiger partial charge in [-0.15, -0.1) is 11.8 Å². The number of carbonyl (C=O) groups excluding carboxylic acids is 1. The molecule has 0 heterocycles. The minimum Gasteiger partial charge on any atom is -0.345 e. The van der Waals surface area contributed by atoms with Gasteiger partial charge in [-0.2, -0.15) is 0 Å². The quantitative estimate of drug-likeness (QED) is 0.775. The first-order valence-corrected chi connectivity index (χ1v) is 8.39. The first kappa shape index (κ1) is 16.2. The predicted octanol–water partition coefficient (Wildman–Crippen LogP) is 5.21. The maximum atomic E-state index is 12.3. The summed E-state index contributed by atoms with van der Waals surface area (Å²) < 4.78 is 0. The molecule has 110 valence electrons. The van der Waals surface area contributed by atoms with Crippen molar-refractivity contribution in [1.29, 1.82) is 0 Å². The van der Waals surface area contributed by atoms with E-state index < -0.39 is 0 Å². The number of benzene rings is 2. The highest BCUT2D eigenvalue weighted by Crippen LogP contribution is 2.23. The van der Waals surface area contributed by atoms with Crippen molar-refractivity contribution in [1.82, 2.24) is 5.32 Å². The van der Waals surface area contributed by atoms with E-state index in [1.807, 2.05) is 37.4 Å². The smallest absolute Gasteiger partial charge is 0.253 e. The number of thioether (sulfide) groups is 1. The number of carbonyl (C=O) groups is 1. The summed E-state index contributed by atoms with van der Waals surface area (Å²) in [5, 5.41) is 3.81. The molecule has 21 heavy (non-hydrogen) atoms. The van der Waals surface area contributed by atoms with E-state index in [1.165, 1.54) is 4.90 Å². The zero-order chi connectivity index (χ0) is 15.4. The molecule has 0 bridgehead atoms. The van der Waals surface area contributed by atoms with Crippen molar-refractivity contribution in [3.8, 4) is 0 Å². The molecule has 0 saturated heterocycles. The molecule has 0 aliphatic rings. The molecule has 1 atom stereocenters. The van der Waals surface area contributed by atoms with Crippen molar-refractivity contribution in [2.24, 2.45) is 0 Å². The number of hydrogen-bond donors (Lipinski definition) is 1. The van der Waals surface area contributed by atoms with Crippen LogP contribution in [-0.2, 0) is 0 Å². The fraction of sp³-hybridized carbons (Fsp3) is 0.188. The van der Waals surface area contributed by atoms with Crippen molar-refractivity contribution in [3.05, 3.63) is 63.6 Å². The summed E-state index contributed by atoms with van der Waals surface area (Å²) in [5.41, 5.74) is 1.43. The van der Waals surface area contributed by atoms with E-state index in [2.05, 4.69) is 5.32 Å². The van der Waals surface area contributed by atoms with E-state index in [-0.39, 0.29) is 11.9 Å². The summed E-state index contributed by atoms with van der Waals surface area (Å²) in [6.45, 7) is 1.93. The van der Waals surface area contributed by atoms with E-state index in [4.69, 9.17) is 23.2 Å². The lowest BCUT2D eigenvalue weighted by molar-refractivity contribution is 0.0940. The molecule has 1 unspecified atom stereocenters. The van der Waals surface area contributed by atoms with Crippen LogP contribution in [0.3, 0.4) is 0 Å². The predicted molar refractivity (Wildman–Crippen MR) is 90.6 cm³/mol. The fourth-order valence-corrected chi connectivity index (χ4v) is 2.71. The van der Waals surface area contributed by atoms with Gasteiger partial charge in [0.25, 0.3) is 5.91 Å². The van der Waals surface area contributed by atoms with Crippen molar-refractivity contribution < 1.29 is 4.79 Å². The Labute approximate surface area is 138 Å². The van der Waals surface area contributed by atoms with E-state index in [9.17, 15) is 4.79 Å². The third kappa shape index (κ3) is 4.16. The van der Waals surface area contributed by atoms with Crippen LogP contribution in [0.25, 0.3) is 0 Å². The summed E-state index contributed by atoms with van der Waals surface area (Å²) in [6, 6.07) is 12.8. The molecule has 0 spiro atoms. The van der Waals surface area contributed by atoms with Crippen molar-refractivity contribution in [2.75, 3.05) is 6.26 Å². The molecule has 5 heteroatoms. The standard InChI is InChI=1S/C16H15Cl2NOS/c1-10(11-3-6-13(21-2)7-4-11)19-16(20)14-9-12(17)5-8-15(14)18/h3-10H,1-2H3,(H,19,20). The molecule has 0 aliphatic carbocycles. The summed E-state index contributed by atoms with van der Waals surface area (Å²) >= 11 is 13.6. The highest BCUT2D eigenvalue weighted by atomic mass is 35.5. The van der Waals surface area contributed by atoms with Crippen LogP contribution >= 0.6 is 35.0 Å². The van der Waals surface area contributed by atoms with Gasteiger partial charge in [0.1, 0.15) is 0 Å². The Morgan fingerprint density at radius 2 is 1.81 bits per heavy atom. The Balaban J connectivity index is 2.12. The van der Waals surface area contributed by atoms with Crippen LogP contribution in [0.5, 0.6) is 0 Å². The van der Waals surface area contributed by atoms with Crippen LogP contribution < -0.4 is 5.32 Å². The molecular weight excluding hydrogens is 325 g/mol. The third-order valence-electron chi connectivity index (χ3n) is 3.14. The highest BCUT2D eigenvalue weighted by molar-refractivity contribution is 7.98.